The van der Waals surface area contributed by atoms with Crippen LogP contribution >= 0.6 is 7.60 Å². The number of hydrogen-bond donors (Lipinski definition) is 3. The smallest absolute Gasteiger partial charge is 0.353 e. The van der Waals surface area contributed by atoms with Gasteiger partial charge in [-0.25, -0.2) is 4.99 Å². The molecule has 1 aromatic carbocycles. The van der Waals surface area contributed by atoms with Crippen LogP contribution in [0.4, 0.5) is 0 Å². The molecule has 2 unspecified atom stereocenters. The standard InChI is InChI=1S/C37H64N3O7P/c1-3-4-5-6-7-8-9-10-11-12-13-14-15-16-17-21-26-44-30-36(45-29-34-22-19-18-20-23-34)31-47-48(42,43)32-46-35(28-41)27-40-25-24-37(38)39-33(40)2/h18-20,22-25,35-36,41H,2-17,21,26-32H2,1H3,(H2,38,39)(H,42,43)/t35-,36?/m0/s1. The van der Waals surface area contributed by atoms with Crippen LogP contribution < -0.4 is 5.73 Å². The third-order valence-corrected chi connectivity index (χ3v) is 9.36. The van der Waals surface area contributed by atoms with Crippen molar-refractivity contribution in [2.24, 2.45) is 10.7 Å². The van der Waals surface area contributed by atoms with E-state index >= 15 is 0 Å². The average Bonchev–Trinajstić information content (AvgIpc) is 3.08. The molecule has 0 fully saturated rings. The first kappa shape index (κ1) is 42.1. The van der Waals surface area contributed by atoms with E-state index in [1.54, 1.807) is 17.2 Å². The predicted molar refractivity (Wildman–Crippen MR) is 195 cm³/mol. The number of nitrogens with two attached hydrogens (primary N) is 1. The molecule has 0 saturated carbocycles. The van der Waals surface area contributed by atoms with E-state index < -0.39 is 26.2 Å². The highest BCUT2D eigenvalue weighted by Crippen LogP contribution is 2.42. The van der Waals surface area contributed by atoms with Gasteiger partial charge in [-0.15, -0.1) is 0 Å². The van der Waals surface area contributed by atoms with Crippen LogP contribution in [0.3, 0.4) is 0 Å². The molecule has 1 aliphatic heterocycles. The van der Waals surface area contributed by atoms with E-state index in [2.05, 4.69) is 18.5 Å². The Hall–Kier alpha value is -2.04. The summed E-state index contributed by atoms with van der Waals surface area (Å²) in [6.07, 6.45) is 22.5. The third-order valence-electron chi connectivity index (χ3n) is 8.33. The van der Waals surface area contributed by atoms with Crippen LogP contribution in [-0.4, -0.2) is 72.3 Å². The van der Waals surface area contributed by atoms with Gasteiger partial charge < -0.3 is 39.4 Å². The lowest BCUT2D eigenvalue weighted by Crippen LogP contribution is -2.34. The van der Waals surface area contributed by atoms with E-state index in [0.717, 1.165) is 18.4 Å². The van der Waals surface area contributed by atoms with E-state index in [4.69, 9.17) is 24.5 Å². The molecule has 0 aromatic heterocycles. The van der Waals surface area contributed by atoms with Crippen LogP contribution in [0.1, 0.15) is 115 Å². The number of unbranched alkanes of at least 4 members (excludes halogenated alkanes) is 15. The Kier molecular flexibility index (Phi) is 23.5. The van der Waals surface area contributed by atoms with E-state index in [9.17, 15) is 14.6 Å². The summed E-state index contributed by atoms with van der Waals surface area (Å²) in [6.45, 7) is 6.95. The first-order valence-corrected chi connectivity index (χ1v) is 20.0. The van der Waals surface area contributed by atoms with Gasteiger partial charge in [0.1, 0.15) is 24.1 Å². The van der Waals surface area contributed by atoms with E-state index in [0.29, 0.717) is 24.9 Å². The highest BCUT2D eigenvalue weighted by atomic mass is 31.2. The van der Waals surface area contributed by atoms with Crippen molar-refractivity contribution in [3.63, 3.8) is 0 Å². The highest BCUT2D eigenvalue weighted by molar-refractivity contribution is 7.52. The average molecular weight is 694 g/mol. The number of aliphatic hydroxyl groups is 1. The van der Waals surface area contributed by atoms with Crippen molar-refractivity contribution >= 4 is 13.4 Å². The molecule has 48 heavy (non-hydrogen) atoms. The first-order valence-electron chi connectivity index (χ1n) is 18.2. The number of hydrogen-bond acceptors (Lipinski definition) is 9. The molecule has 4 N–H and O–H groups in total. The van der Waals surface area contributed by atoms with Gasteiger partial charge >= 0.3 is 7.60 Å². The van der Waals surface area contributed by atoms with Gasteiger partial charge in [-0.2, -0.15) is 0 Å². The van der Waals surface area contributed by atoms with E-state index in [1.807, 2.05) is 30.3 Å². The van der Waals surface area contributed by atoms with Gasteiger partial charge in [-0.1, -0.05) is 140 Å². The predicted octanol–water partition coefficient (Wildman–Crippen LogP) is 8.04. The molecule has 1 aromatic rings. The Balaban J connectivity index is 1.61. The van der Waals surface area contributed by atoms with Crippen LogP contribution in [0.2, 0.25) is 0 Å². The maximum Gasteiger partial charge on any atom is 0.353 e. The fraction of sp³-hybridized carbons (Fsp3) is 0.703. The van der Waals surface area contributed by atoms with Gasteiger partial charge in [0.25, 0.3) is 0 Å². The molecule has 11 heteroatoms. The maximum absolute atomic E-state index is 12.8. The van der Waals surface area contributed by atoms with Crippen LogP contribution in [0, 0.1) is 0 Å². The van der Waals surface area contributed by atoms with Gasteiger partial charge in [0, 0.05) is 12.8 Å². The molecule has 0 saturated heterocycles. The number of nitrogens with zero attached hydrogens (tertiary/aromatic N) is 2. The van der Waals surface area contributed by atoms with Crippen molar-refractivity contribution in [2.75, 3.05) is 39.3 Å². The molecule has 274 valence electrons. The molecule has 0 spiro atoms. The summed E-state index contributed by atoms with van der Waals surface area (Å²) in [7, 11) is -4.14. The largest absolute Gasteiger partial charge is 0.394 e. The minimum Gasteiger partial charge on any atom is -0.394 e. The lowest BCUT2D eigenvalue weighted by atomic mass is 10.0. The number of aliphatic imine (C=N–C) groups is 1. The van der Waals surface area contributed by atoms with E-state index in [-0.39, 0.29) is 26.4 Å². The molecule has 0 amide bonds. The molecule has 0 radical (unpaired) electrons. The van der Waals surface area contributed by atoms with Gasteiger partial charge in [0.2, 0.25) is 0 Å². The van der Waals surface area contributed by atoms with Crippen LogP contribution in [0.25, 0.3) is 0 Å². The molecule has 10 nitrogen and oxygen atoms in total. The normalized spacial score (nSPS) is 15.8. The fourth-order valence-electron chi connectivity index (χ4n) is 5.39. The van der Waals surface area contributed by atoms with Crippen molar-refractivity contribution in [1.82, 2.24) is 4.90 Å². The second-order valence-electron chi connectivity index (χ2n) is 12.8. The van der Waals surface area contributed by atoms with Gasteiger partial charge in [-0.3, -0.25) is 4.57 Å². The summed E-state index contributed by atoms with van der Waals surface area (Å²) in [5.41, 5.74) is 6.66. The molecule has 2 rings (SSSR count). The number of amidine groups is 1. The zero-order chi connectivity index (χ0) is 34.7. The lowest BCUT2D eigenvalue weighted by Gasteiger charge is -2.27. The Morgan fingerprint density at radius 3 is 2.00 bits per heavy atom. The van der Waals surface area contributed by atoms with Crippen molar-refractivity contribution in [3.8, 4) is 0 Å². The topological polar surface area (TPSA) is 136 Å². The minimum atomic E-state index is -4.14. The number of benzene rings is 1. The fourth-order valence-corrected chi connectivity index (χ4v) is 6.26. The Morgan fingerprint density at radius 1 is 0.854 bits per heavy atom. The van der Waals surface area contributed by atoms with Crippen LogP contribution in [-0.2, 0) is 29.9 Å². The summed E-state index contributed by atoms with van der Waals surface area (Å²) < 4.78 is 35.7. The van der Waals surface area contributed by atoms with Gasteiger partial charge in [0.15, 0.2) is 0 Å². The van der Waals surface area contributed by atoms with E-state index in [1.165, 1.54) is 89.9 Å². The van der Waals surface area contributed by atoms with Crippen molar-refractivity contribution in [1.29, 1.82) is 0 Å². The summed E-state index contributed by atoms with van der Waals surface area (Å²) in [4.78, 5) is 16.2. The van der Waals surface area contributed by atoms with Gasteiger partial charge in [-0.05, 0) is 18.1 Å². The Bertz CT molecular complexity index is 1070. The zero-order valence-electron chi connectivity index (χ0n) is 29.5. The quantitative estimate of drug-likeness (QED) is 0.0521. The van der Waals surface area contributed by atoms with Crippen LogP contribution in [0.15, 0.2) is 60.0 Å². The van der Waals surface area contributed by atoms with Gasteiger partial charge in [0.05, 0.1) is 39.1 Å². The molecular formula is C37H64N3O7P. The van der Waals surface area contributed by atoms with Crippen molar-refractivity contribution < 1.29 is 33.3 Å². The molecular weight excluding hydrogens is 629 g/mol. The first-order chi connectivity index (χ1) is 23.3. The highest BCUT2D eigenvalue weighted by Gasteiger charge is 2.26. The Labute approximate surface area is 290 Å². The van der Waals surface area contributed by atoms with Crippen LogP contribution in [0.5, 0.6) is 0 Å². The zero-order valence-corrected chi connectivity index (χ0v) is 30.4. The summed E-state index contributed by atoms with van der Waals surface area (Å²) in [5, 5.41) is 9.75. The third kappa shape index (κ3) is 21.1. The summed E-state index contributed by atoms with van der Waals surface area (Å²) in [5.74, 6) is 0.711. The number of aliphatic hydroxyl groups excluding tert-OH is 1. The lowest BCUT2D eigenvalue weighted by molar-refractivity contribution is -0.0489. The second kappa shape index (κ2) is 26.8. The Morgan fingerprint density at radius 2 is 1.44 bits per heavy atom. The summed E-state index contributed by atoms with van der Waals surface area (Å²) >= 11 is 0. The second-order valence-corrected chi connectivity index (χ2v) is 14.5. The SMILES string of the molecule is C=C1N=C(N)C=CN1C[C@@H](CO)OCP(=O)(O)OCC(COCCCCCCCCCCCCCCCCCC)OCc1ccccc1. The number of ether oxygens (including phenoxy) is 3. The van der Waals surface area contributed by atoms with Crippen molar-refractivity contribution in [2.45, 2.75) is 128 Å². The van der Waals surface area contributed by atoms with Crippen molar-refractivity contribution in [3.05, 3.63) is 60.6 Å². The molecule has 3 atom stereocenters. The monoisotopic (exact) mass is 693 g/mol. The molecule has 1 heterocycles. The minimum absolute atomic E-state index is 0.133. The maximum atomic E-state index is 12.8. The molecule has 1 aliphatic rings. The number of rotatable bonds is 31. The molecule has 0 bridgehead atoms. The molecule has 0 aliphatic carbocycles. The summed E-state index contributed by atoms with van der Waals surface area (Å²) in [6, 6.07) is 9.73.